The van der Waals surface area contributed by atoms with Crippen LogP contribution in [0.25, 0.3) is 0 Å². The number of thiazole rings is 1. The number of nitrogens with zero attached hydrogens (tertiary/aromatic N) is 1. The van der Waals surface area contributed by atoms with E-state index in [9.17, 15) is 8.42 Å². The number of aryl methyl sites for hydroxylation is 1. The summed E-state index contributed by atoms with van der Waals surface area (Å²) in [5.41, 5.74) is 8.03. The summed E-state index contributed by atoms with van der Waals surface area (Å²) in [7, 11) is -3.63. The van der Waals surface area contributed by atoms with Gasteiger partial charge in [-0.3, -0.25) is 0 Å². The minimum absolute atomic E-state index is 0.0659. The summed E-state index contributed by atoms with van der Waals surface area (Å²) in [5.74, 6) is 0.786. The molecule has 0 spiro atoms. The Labute approximate surface area is 149 Å². The number of hydrogen-bond donors (Lipinski definition) is 1. The average molecular weight is 377 g/mol. The van der Waals surface area contributed by atoms with E-state index in [0.29, 0.717) is 4.34 Å². The van der Waals surface area contributed by atoms with Gasteiger partial charge in [-0.1, -0.05) is 71.1 Å². The smallest absolute Gasteiger partial charge is 0.219 e. The van der Waals surface area contributed by atoms with Gasteiger partial charge in [0.25, 0.3) is 0 Å². The van der Waals surface area contributed by atoms with E-state index >= 15 is 0 Å². The van der Waals surface area contributed by atoms with Crippen LogP contribution in [-0.4, -0.2) is 13.4 Å². The second-order valence-corrected chi connectivity index (χ2v) is 9.61. The van der Waals surface area contributed by atoms with Crippen molar-refractivity contribution in [2.45, 2.75) is 26.1 Å². The molecule has 0 unspecified atom stereocenters. The Kier molecular flexibility index (Phi) is 4.93. The fourth-order valence-electron chi connectivity index (χ4n) is 2.10. The quantitative estimate of drug-likeness (QED) is 0.677. The summed E-state index contributed by atoms with van der Waals surface area (Å²) >= 11 is 2.61. The van der Waals surface area contributed by atoms with E-state index in [4.69, 9.17) is 5.73 Å². The van der Waals surface area contributed by atoms with Gasteiger partial charge in [0.05, 0.1) is 4.90 Å². The summed E-state index contributed by atoms with van der Waals surface area (Å²) in [6, 6.07) is 16.7. The number of sulfone groups is 1. The van der Waals surface area contributed by atoms with Gasteiger partial charge in [0.1, 0.15) is 0 Å². The Morgan fingerprint density at radius 1 is 1.08 bits per heavy atom. The molecule has 1 heterocycles. The normalized spacial score (nSPS) is 11.5. The fourth-order valence-corrected chi connectivity index (χ4v) is 6.01. The fraction of sp³-hybridized carbons (Fsp3) is 0.118. The van der Waals surface area contributed by atoms with Crippen molar-refractivity contribution < 1.29 is 8.42 Å². The minimum Gasteiger partial charge on any atom is -0.382 e. The summed E-state index contributed by atoms with van der Waals surface area (Å²) < 4.78 is 26.2. The van der Waals surface area contributed by atoms with Crippen LogP contribution < -0.4 is 5.73 Å². The summed E-state index contributed by atoms with van der Waals surface area (Å²) in [6.07, 6.45) is 0. The molecule has 0 aliphatic rings. The molecule has 0 aliphatic carbocycles. The van der Waals surface area contributed by atoms with Crippen molar-refractivity contribution in [3.8, 4) is 0 Å². The van der Waals surface area contributed by atoms with Gasteiger partial charge in [-0.15, -0.1) is 0 Å². The summed E-state index contributed by atoms with van der Waals surface area (Å²) in [4.78, 5) is 4.45. The van der Waals surface area contributed by atoms with Gasteiger partial charge < -0.3 is 5.73 Å². The molecule has 0 saturated heterocycles. The Hall–Kier alpha value is -1.83. The zero-order valence-electron chi connectivity index (χ0n) is 13.0. The van der Waals surface area contributed by atoms with Crippen LogP contribution in [0, 0.1) is 6.92 Å². The molecule has 2 N–H and O–H groups in total. The molecule has 0 atom stereocenters. The van der Waals surface area contributed by atoms with E-state index in [1.807, 2.05) is 37.3 Å². The van der Waals surface area contributed by atoms with E-state index in [0.717, 1.165) is 28.2 Å². The van der Waals surface area contributed by atoms with Crippen molar-refractivity contribution in [3.63, 3.8) is 0 Å². The number of aromatic nitrogens is 1. The number of hydrogen-bond acceptors (Lipinski definition) is 6. The van der Waals surface area contributed by atoms with Crippen LogP contribution in [0.5, 0.6) is 0 Å². The molecule has 0 amide bonds. The zero-order chi connectivity index (χ0) is 17.2. The molecule has 1 aromatic heterocycles. The second kappa shape index (κ2) is 6.96. The van der Waals surface area contributed by atoms with Gasteiger partial charge in [-0.05, 0) is 24.6 Å². The number of rotatable bonds is 5. The van der Waals surface area contributed by atoms with Crippen molar-refractivity contribution in [1.29, 1.82) is 0 Å². The summed E-state index contributed by atoms with van der Waals surface area (Å²) in [6.45, 7) is 1.91. The first-order chi connectivity index (χ1) is 11.5. The molecule has 0 radical (unpaired) electrons. The Morgan fingerprint density at radius 2 is 1.75 bits per heavy atom. The lowest BCUT2D eigenvalue weighted by Crippen LogP contribution is -2.03. The maximum atomic E-state index is 12.7. The molecular weight excluding hydrogens is 360 g/mol. The first-order valence-electron chi connectivity index (χ1n) is 7.21. The van der Waals surface area contributed by atoms with Crippen molar-refractivity contribution >= 4 is 38.8 Å². The Bertz CT molecular complexity index is 934. The van der Waals surface area contributed by atoms with E-state index in [1.165, 1.54) is 11.8 Å². The topological polar surface area (TPSA) is 73.0 Å². The molecule has 0 saturated carbocycles. The van der Waals surface area contributed by atoms with Crippen LogP contribution >= 0.6 is 23.1 Å². The highest BCUT2D eigenvalue weighted by atomic mass is 32.2. The van der Waals surface area contributed by atoms with Crippen LogP contribution in [0.3, 0.4) is 0 Å². The number of nitrogen functional groups attached to an aromatic ring is 1. The number of nitrogens with two attached hydrogens (primary N) is 1. The minimum atomic E-state index is -3.63. The molecule has 0 fully saturated rings. The maximum absolute atomic E-state index is 12.7. The van der Waals surface area contributed by atoms with Crippen molar-refractivity contribution in [1.82, 2.24) is 4.98 Å². The highest BCUT2D eigenvalue weighted by molar-refractivity contribution is 8.01. The monoisotopic (exact) mass is 376 g/mol. The molecule has 3 rings (SSSR count). The predicted molar refractivity (Wildman–Crippen MR) is 99.2 cm³/mol. The largest absolute Gasteiger partial charge is 0.382 e. The molecule has 4 nitrogen and oxygen atoms in total. The first-order valence-corrected chi connectivity index (χ1v) is 10.5. The number of benzene rings is 2. The van der Waals surface area contributed by atoms with Gasteiger partial charge in [0, 0.05) is 5.75 Å². The molecule has 7 heteroatoms. The molecule has 24 heavy (non-hydrogen) atoms. The van der Waals surface area contributed by atoms with Gasteiger partial charge in [0.2, 0.25) is 9.84 Å². The first kappa shape index (κ1) is 17.0. The highest BCUT2D eigenvalue weighted by Gasteiger charge is 2.25. The second-order valence-electron chi connectivity index (χ2n) is 5.24. The lowest BCUT2D eigenvalue weighted by Gasteiger charge is -2.02. The average Bonchev–Trinajstić information content (AvgIpc) is 2.96. The molecule has 2 aromatic carbocycles. The molecule has 0 bridgehead atoms. The Morgan fingerprint density at radius 3 is 2.42 bits per heavy atom. The van der Waals surface area contributed by atoms with Gasteiger partial charge in [-0.2, -0.15) is 0 Å². The van der Waals surface area contributed by atoms with Crippen LogP contribution in [0.1, 0.15) is 11.1 Å². The van der Waals surface area contributed by atoms with Crippen LogP contribution in [0.2, 0.25) is 0 Å². The van der Waals surface area contributed by atoms with Crippen molar-refractivity contribution in [2.75, 3.05) is 5.73 Å². The van der Waals surface area contributed by atoms with E-state index in [1.54, 1.807) is 24.3 Å². The molecule has 124 valence electrons. The molecular formula is C17H16N2O2S3. The zero-order valence-corrected chi connectivity index (χ0v) is 15.4. The summed E-state index contributed by atoms with van der Waals surface area (Å²) in [5, 5.41) is 0. The third kappa shape index (κ3) is 3.63. The van der Waals surface area contributed by atoms with Crippen molar-refractivity contribution in [2.24, 2.45) is 0 Å². The van der Waals surface area contributed by atoms with E-state index in [2.05, 4.69) is 4.98 Å². The lowest BCUT2D eigenvalue weighted by molar-refractivity contribution is 0.598. The number of thioether (sulfide) groups is 1. The molecule has 0 aliphatic heterocycles. The molecule has 3 aromatic rings. The van der Waals surface area contributed by atoms with Gasteiger partial charge >= 0.3 is 0 Å². The predicted octanol–water partition coefficient (Wildman–Crippen LogP) is 4.16. The maximum Gasteiger partial charge on any atom is 0.219 e. The van der Waals surface area contributed by atoms with Crippen molar-refractivity contribution in [3.05, 3.63) is 65.7 Å². The van der Waals surface area contributed by atoms with Gasteiger partial charge in [0.15, 0.2) is 14.4 Å². The number of anilines is 1. The standard InChI is InChI=1S/C17H16N2O2S3/c1-12-7-9-14(10-8-12)24(20,21)16-15(18)19-17(23-16)22-11-13-5-3-2-4-6-13/h2-10H,11,18H2,1H3. The van der Waals surface area contributed by atoms with Crippen LogP contribution in [-0.2, 0) is 15.6 Å². The lowest BCUT2D eigenvalue weighted by atomic mass is 10.2. The highest BCUT2D eigenvalue weighted by Crippen LogP contribution is 2.36. The third-order valence-electron chi connectivity index (χ3n) is 3.38. The van der Waals surface area contributed by atoms with E-state index < -0.39 is 9.84 Å². The van der Waals surface area contributed by atoms with Crippen LogP contribution in [0.15, 0.2) is 68.0 Å². The Balaban J connectivity index is 1.84. The van der Waals surface area contributed by atoms with Crippen LogP contribution in [0.4, 0.5) is 5.82 Å². The van der Waals surface area contributed by atoms with E-state index in [-0.39, 0.29) is 14.9 Å². The third-order valence-corrected chi connectivity index (χ3v) is 7.96. The SMILES string of the molecule is Cc1ccc(S(=O)(=O)c2sc(SCc3ccccc3)nc2N)cc1. The van der Waals surface area contributed by atoms with Gasteiger partial charge in [-0.25, -0.2) is 13.4 Å².